The van der Waals surface area contributed by atoms with E-state index in [1.165, 1.54) is 16.7 Å². The van der Waals surface area contributed by atoms with Crippen LogP contribution in [0.25, 0.3) is 5.57 Å². The van der Waals surface area contributed by atoms with Crippen molar-refractivity contribution in [1.29, 1.82) is 0 Å². The lowest BCUT2D eigenvalue weighted by Gasteiger charge is -2.19. The molecule has 1 heterocycles. The highest BCUT2D eigenvalue weighted by atomic mass is 32.2. The number of amides is 2. The summed E-state index contributed by atoms with van der Waals surface area (Å²) in [5.74, 6) is -0.152. The third kappa shape index (κ3) is 4.01. The number of imide groups is 1. The van der Waals surface area contributed by atoms with Gasteiger partial charge in [-0.25, -0.2) is 4.90 Å². The van der Waals surface area contributed by atoms with E-state index in [9.17, 15) is 9.59 Å². The number of ether oxygens (including phenoxy) is 1. The van der Waals surface area contributed by atoms with Crippen LogP contribution in [-0.4, -0.2) is 18.4 Å². The van der Waals surface area contributed by atoms with Crippen LogP contribution in [0.3, 0.4) is 0 Å². The van der Waals surface area contributed by atoms with E-state index in [0.29, 0.717) is 28.5 Å². The number of para-hydroxylation sites is 2. The molecule has 0 N–H and O–H groups in total. The van der Waals surface area contributed by atoms with Gasteiger partial charge in [-0.1, -0.05) is 65.9 Å². The smallest absolute Gasteiger partial charge is 0.273 e. The molecular formula is C26H23NO3S. The van der Waals surface area contributed by atoms with Gasteiger partial charge in [-0.2, -0.15) is 0 Å². The molecule has 5 heteroatoms. The molecule has 0 saturated carbocycles. The topological polar surface area (TPSA) is 46.6 Å². The fraction of sp³-hybridized carbons (Fsp3) is 0.154. The number of thioether (sulfide) groups is 1. The van der Waals surface area contributed by atoms with Gasteiger partial charge in [0, 0.05) is 4.90 Å². The monoisotopic (exact) mass is 429 g/mol. The van der Waals surface area contributed by atoms with Crippen molar-refractivity contribution in [2.75, 3.05) is 11.5 Å². The van der Waals surface area contributed by atoms with E-state index in [0.717, 1.165) is 21.6 Å². The molecule has 1 aliphatic rings. The first-order valence-corrected chi connectivity index (χ1v) is 11.0. The number of aryl methyl sites for hydroxylation is 2. The molecule has 1 aliphatic heterocycles. The van der Waals surface area contributed by atoms with E-state index < -0.39 is 0 Å². The lowest BCUT2D eigenvalue weighted by Crippen LogP contribution is -2.31. The Labute approximate surface area is 186 Å². The quantitative estimate of drug-likeness (QED) is 0.466. The molecule has 156 valence electrons. The zero-order chi connectivity index (χ0) is 22.0. The predicted molar refractivity (Wildman–Crippen MR) is 125 cm³/mol. The summed E-state index contributed by atoms with van der Waals surface area (Å²) in [4.78, 5) is 29.9. The van der Waals surface area contributed by atoms with E-state index in [4.69, 9.17) is 4.74 Å². The summed E-state index contributed by atoms with van der Waals surface area (Å²) in [5, 5.41) is 0. The Bertz CT molecular complexity index is 1180. The Hall–Kier alpha value is -3.31. The summed E-state index contributed by atoms with van der Waals surface area (Å²) in [6.07, 6.45) is 0. The van der Waals surface area contributed by atoms with Crippen LogP contribution >= 0.6 is 11.8 Å². The maximum Gasteiger partial charge on any atom is 0.273 e. The molecule has 0 aliphatic carbocycles. The predicted octanol–water partition coefficient (Wildman–Crippen LogP) is 5.78. The molecule has 0 saturated heterocycles. The fourth-order valence-corrected chi connectivity index (χ4v) is 4.69. The molecule has 0 spiro atoms. The summed E-state index contributed by atoms with van der Waals surface area (Å²) >= 11 is 1.32. The molecule has 3 aromatic carbocycles. The van der Waals surface area contributed by atoms with Gasteiger partial charge in [-0.3, -0.25) is 9.59 Å². The second-order valence-corrected chi connectivity index (χ2v) is 8.37. The van der Waals surface area contributed by atoms with E-state index >= 15 is 0 Å². The van der Waals surface area contributed by atoms with Crippen molar-refractivity contribution in [1.82, 2.24) is 0 Å². The van der Waals surface area contributed by atoms with Gasteiger partial charge in [-0.05, 0) is 56.2 Å². The van der Waals surface area contributed by atoms with Crippen molar-refractivity contribution in [2.24, 2.45) is 0 Å². The lowest BCUT2D eigenvalue weighted by molar-refractivity contribution is -0.119. The first-order chi connectivity index (χ1) is 15.0. The SMILES string of the molecule is CCOc1ccccc1N1C(=O)C(Sc2ccccc2)=C(c2ccc(C)cc2C)C1=O. The zero-order valence-corrected chi connectivity index (χ0v) is 18.5. The second-order valence-electron chi connectivity index (χ2n) is 7.28. The van der Waals surface area contributed by atoms with Crippen molar-refractivity contribution < 1.29 is 14.3 Å². The normalized spacial score (nSPS) is 13.8. The van der Waals surface area contributed by atoms with Gasteiger partial charge in [0.05, 0.1) is 22.8 Å². The molecule has 0 radical (unpaired) electrons. The molecule has 0 aromatic heterocycles. The van der Waals surface area contributed by atoms with Crippen LogP contribution in [0.5, 0.6) is 5.75 Å². The van der Waals surface area contributed by atoms with Gasteiger partial charge in [0.25, 0.3) is 11.8 Å². The van der Waals surface area contributed by atoms with Crippen LogP contribution < -0.4 is 9.64 Å². The van der Waals surface area contributed by atoms with Gasteiger partial charge in [0.2, 0.25) is 0 Å². The average Bonchev–Trinajstić information content (AvgIpc) is 2.99. The van der Waals surface area contributed by atoms with Gasteiger partial charge >= 0.3 is 0 Å². The molecule has 3 aromatic rings. The maximum absolute atomic E-state index is 13.7. The Morgan fingerprint density at radius 1 is 0.871 bits per heavy atom. The van der Waals surface area contributed by atoms with E-state index in [-0.39, 0.29) is 11.8 Å². The minimum Gasteiger partial charge on any atom is -0.492 e. The average molecular weight is 430 g/mol. The molecule has 2 amide bonds. The Kier molecular flexibility index (Phi) is 5.96. The maximum atomic E-state index is 13.7. The van der Waals surface area contributed by atoms with E-state index in [2.05, 4.69) is 0 Å². The lowest BCUT2D eigenvalue weighted by atomic mass is 9.98. The summed E-state index contributed by atoms with van der Waals surface area (Å²) in [6, 6.07) is 22.7. The number of nitrogens with zero attached hydrogens (tertiary/aromatic N) is 1. The summed E-state index contributed by atoms with van der Waals surface area (Å²) in [6.45, 7) is 6.29. The molecule has 0 atom stereocenters. The number of rotatable bonds is 6. The minimum atomic E-state index is -0.332. The number of hydrogen-bond donors (Lipinski definition) is 0. The summed E-state index contributed by atoms with van der Waals surface area (Å²) < 4.78 is 5.71. The van der Waals surface area contributed by atoms with Gasteiger partial charge in [0.1, 0.15) is 5.75 Å². The number of carbonyl (C=O) groups is 2. The van der Waals surface area contributed by atoms with Crippen molar-refractivity contribution in [3.05, 3.63) is 94.4 Å². The van der Waals surface area contributed by atoms with Gasteiger partial charge in [0.15, 0.2) is 0 Å². The van der Waals surface area contributed by atoms with Crippen molar-refractivity contribution in [3.63, 3.8) is 0 Å². The van der Waals surface area contributed by atoms with Gasteiger partial charge in [-0.15, -0.1) is 0 Å². The molecular weight excluding hydrogens is 406 g/mol. The first kappa shape index (κ1) is 20.9. The van der Waals surface area contributed by atoms with Crippen molar-refractivity contribution in [2.45, 2.75) is 25.7 Å². The Balaban J connectivity index is 1.87. The summed E-state index contributed by atoms with van der Waals surface area (Å²) in [5.41, 5.74) is 3.74. The molecule has 0 fully saturated rings. The molecule has 31 heavy (non-hydrogen) atoms. The van der Waals surface area contributed by atoms with Crippen molar-refractivity contribution in [3.8, 4) is 5.75 Å². The standard InChI is InChI=1S/C26H23NO3S/c1-4-30-22-13-9-8-12-21(22)27-25(28)23(20-15-14-17(2)16-18(20)3)24(26(27)29)31-19-10-6-5-7-11-19/h5-16H,4H2,1-3H3. The van der Waals surface area contributed by atoms with Crippen LogP contribution in [0, 0.1) is 13.8 Å². The summed E-state index contributed by atoms with van der Waals surface area (Å²) in [7, 11) is 0. The number of carbonyl (C=O) groups excluding carboxylic acids is 2. The molecule has 4 rings (SSSR count). The van der Waals surface area contributed by atoms with Crippen LogP contribution in [0.15, 0.2) is 82.6 Å². The molecule has 4 nitrogen and oxygen atoms in total. The fourth-order valence-electron chi connectivity index (χ4n) is 3.68. The Morgan fingerprint density at radius 2 is 1.58 bits per heavy atom. The van der Waals surface area contributed by atoms with Crippen LogP contribution in [-0.2, 0) is 9.59 Å². The number of benzene rings is 3. The van der Waals surface area contributed by atoms with Crippen LogP contribution in [0.1, 0.15) is 23.6 Å². The molecule has 0 bridgehead atoms. The van der Waals surface area contributed by atoms with Crippen LogP contribution in [0.2, 0.25) is 0 Å². The minimum absolute atomic E-state index is 0.331. The van der Waals surface area contributed by atoms with Crippen LogP contribution in [0.4, 0.5) is 5.69 Å². The zero-order valence-electron chi connectivity index (χ0n) is 17.7. The largest absolute Gasteiger partial charge is 0.492 e. The highest BCUT2D eigenvalue weighted by Crippen LogP contribution is 2.44. The first-order valence-electron chi connectivity index (χ1n) is 10.2. The number of anilines is 1. The highest BCUT2D eigenvalue weighted by Gasteiger charge is 2.42. The Morgan fingerprint density at radius 3 is 2.29 bits per heavy atom. The van der Waals surface area contributed by atoms with E-state index in [1.54, 1.807) is 18.2 Å². The molecule has 0 unspecified atom stereocenters. The third-order valence-corrected chi connectivity index (χ3v) is 6.15. The highest BCUT2D eigenvalue weighted by molar-refractivity contribution is 8.04. The number of hydrogen-bond acceptors (Lipinski definition) is 4. The van der Waals surface area contributed by atoms with Gasteiger partial charge < -0.3 is 4.74 Å². The van der Waals surface area contributed by atoms with Crippen molar-refractivity contribution >= 4 is 34.8 Å². The second kappa shape index (κ2) is 8.82. The van der Waals surface area contributed by atoms with E-state index in [1.807, 2.05) is 75.4 Å². The third-order valence-electron chi connectivity index (χ3n) is 5.06.